The van der Waals surface area contributed by atoms with Crippen LogP contribution in [-0.2, 0) is 10.0 Å². The third-order valence-corrected chi connectivity index (χ3v) is 4.78. The number of unbranched alkanes of at least 4 members (excludes halogenated alkanes) is 1. The zero-order valence-electron chi connectivity index (χ0n) is 12.7. The van der Waals surface area contributed by atoms with E-state index in [-0.39, 0.29) is 5.75 Å². The second kappa shape index (κ2) is 8.27. The van der Waals surface area contributed by atoms with Gasteiger partial charge in [0, 0.05) is 25.3 Å². The van der Waals surface area contributed by atoms with Gasteiger partial charge in [0.05, 0.1) is 5.75 Å². The van der Waals surface area contributed by atoms with Crippen molar-refractivity contribution in [1.29, 1.82) is 0 Å². The van der Waals surface area contributed by atoms with Gasteiger partial charge in [0.15, 0.2) is 0 Å². The van der Waals surface area contributed by atoms with E-state index < -0.39 is 10.0 Å². The fourth-order valence-corrected chi connectivity index (χ4v) is 3.33. The summed E-state index contributed by atoms with van der Waals surface area (Å²) < 4.78 is 26.1. The Balaban J connectivity index is 2.53. The third-order valence-electron chi connectivity index (χ3n) is 3.31. The highest BCUT2D eigenvalue weighted by Crippen LogP contribution is 2.18. The quantitative estimate of drug-likeness (QED) is 0.762. The maximum absolute atomic E-state index is 11.7. The van der Waals surface area contributed by atoms with E-state index in [1.807, 2.05) is 19.1 Å². The van der Waals surface area contributed by atoms with Crippen molar-refractivity contribution < 1.29 is 8.42 Å². The highest BCUT2D eigenvalue weighted by Gasteiger charge is 2.11. The van der Waals surface area contributed by atoms with E-state index in [9.17, 15) is 8.42 Å². The summed E-state index contributed by atoms with van der Waals surface area (Å²) in [5.41, 5.74) is 2.38. The Labute approximate surface area is 123 Å². The summed E-state index contributed by atoms with van der Waals surface area (Å²) in [7, 11) is -3.12. The van der Waals surface area contributed by atoms with Gasteiger partial charge in [-0.3, -0.25) is 0 Å². The standard InChI is InChI=1S/C15H26N2O2S/c1-4-6-13-20(18,19)16-11-12-17(5-2)15-10-8-7-9-14(15)3/h7-10,16H,4-6,11-13H2,1-3H3. The van der Waals surface area contributed by atoms with Gasteiger partial charge in [-0.1, -0.05) is 31.5 Å². The van der Waals surface area contributed by atoms with E-state index in [0.717, 1.165) is 13.0 Å². The Bertz CT molecular complexity index is 500. The summed E-state index contributed by atoms with van der Waals surface area (Å²) in [5.74, 6) is 0.222. The average Bonchev–Trinajstić information content (AvgIpc) is 2.42. The Morgan fingerprint density at radius 2 is 1.90 bits per heavy atom. The Morgan fingerprint density at radius 1 is 1.20 bits per heavy atom. The molecule has 5 heteroatoms. The van der Waals surface area contributed by atoms with E-state index in [0.29, 0.717) is 19.5 Å². The van der Waals surface area contributed by atoms with Crippen LogP contribution in [0.4, 0.5) is 5.69 Å². The average molecular weight is 298 g/mol. The van der Waals surface area contributed by atoms with Crippen LogP contribution in [-0.4, -0.2) is 33.8 Å². The minimum Gasteiger partial charge on any atom is -0.370 e. The first-order valence-electron chi connectivity index (χ1n) is 7.28. The fourth-order valence-electron chi connectivity index (χ4n) is 2.11. The summed E-state index contributed by atoms with van der Waals surface area (Å²) in [6.07, 6.45) is 1.61. The van der Waals surface area contributed by atoms with E-state index >= 15 is 0 Å². The Morgan fingerprint density at radius 3 is 2.50 bits per heavy atom. The van der Waals surface area contributed by atoms with Crippen LogP contribution in [0.3, 0.4) is 0 Å². The van der Waals surface area contributed by atoms with Gasteiger partial charge in [0.2, 0.25) is 10.0 Å². The zero-order chi connectivity index (χ0) is 15.0. The topological polar surface area (TPSA) is 49.4 Å². The largest absolute Gasteiger partial charge is 0.370 e. The van der Waals surface area contributed by atoms with Crippen LogP contribution >= 0.6 is 0 Å². The second-order valence-corrected chi connectivity index (χ2v) is 6.86. The molecule has 1 aromatic rings. The van der Waals surface area contributed by atoms with Crippen LogP contribution in [0.25, 0.3) is 0 Å². The lowest BCUT2D eigenvalue weighted by Gasteiger charge is -2.25. The lowest BCUT2D eigenvalue weighted by Crippen LogP contribution is -2.36. The maximum Gasteiger partial charge on any atom is 0.211 e. The number of anilines is 1. The Kier molecular flexibility index (Phi) is 7.02. The molecular weight excluding hydrogens is 272 g/mol. The van der Waals surface area contributed by atoms with Gasteiger partial charge >= 0.3 is 0 Å². The lowest BCUT2D eigenvalue weighted by atomic mass is 10.2. The van der Waals surface area contributed by atoms with Crippen LogP contribution in [0.1, 0.15) is 32.3 Å². The number of nitrogens with one attached hydrogen (secondary N) is 1. The predicted octanol–water partition coefficient (Wildman–Crippen LogP) is 2.54. The molecule has 1 N–H and O–H groups in total. The van der Waals surface area contributed by atoms with Crippen molar-refractivity contribution in [3.05, 3.63) is 29.8 Å². The molecule has 0 aromatic heterocycles. The smallest absolute Gasteiger partial charge is 0.211 e. The Hall–Kier alpha value is -1.07. The molecule has 0 aliphatic carbocycles. The molecule has 0 saturated carbocycles. The third kappa shape index (κ3) is 5.51. The zero-order valence-corrected chi connectivity index (χ0v) is 13.5. The molecule has 1 aromatic carbocycles. The van der Waals surface area contributed by atoms with Gasteiger partial charge in [-0.25, -0.2) is 13.1 Å². The molecule has 20 heavy (non-hydrogen) atoms. The van der Waals surface area contributed by atoms with E-state index in [1.165, 1.54) is 11.3 Å². The monoisotopic (exact) mass is 298 g/mol. The number of likely N-dealkylation sites (N-methyl/N-ethyl adjacent to an activating group) is 1. The van der Waals surface area contributed by atoms with E-state index in [1.54, 1.807) is 0 Å². The van der Waals surface area contributed by atoms with Crippen molar-refractivity contribution in [2.45, 2.75) is 33.6 Å². The SMILES string of the molecule is CCCCS(=O)(=O)NCCN(CC)c1ccccc1C. The van der Waals surface area contributed by atoms with Crippen molar-refractivity contribution in [1.82, 2.24) is 4.72 Å². The molecule has 0 aliphatic heterocycles. The van der Waals surface area contributed by atoms with Gasteiger partial charge in [-0.05, 0) is 31.9 Å². The minimum atomic E-state index is -3.12. The fraction of sp³-hybridized carbons (Fsp3) is 0.600. The van der Waals surface area contributed by atoms with Crippen LogP contribution < -0.4 is 9.62 Å². The molecule has 0 spiro atoms. The molecule has 114 valence electrons. The molecule has 0 amide bonds. The van der Waals surface area contributed by atoms with Crippen LogP contribution in [0.5, 0.6) is 0 Å². The van der Waals surface area contributed by atoms with Crippen LogP contribution in [0.15, 0.2) is 24.3 Å². The first-order chi connectivity index (χ1) is 9.50. The van der Waals surface area contributed by atoms with Crippen LogP contribution in [0, 0.1) is 6.92 Å². The highest BCUT2D eigenvalue weighted by atomic mass is 32.2. The predicted molar refractivity (Wildman–Crippen MR) is 85.8 cm³/mol. The number of rotatable bonds is 9. The normalized spacial score (nSPS) is 11.6. The summed E-state index contributed by atoms with van der Waals surface area (Å²) in [6.45, 7) is 8.15. The summed E-state index contributed by atoms with van der Waals surface area (Å²) in [6, 6.07) is 8.17. The van der Waals surface area contributed by atoms with Crippen molar-refractivity contribution in [2.75, 3.05) is 30.3 Å². The number of sulfonamides is 1. The molecule has 0 saturated heterocycles. The number of nitrogens with zero attached hydrogens (tertiary/aromatic N) is 1. The molecule has 0 fully saturated rings. The summed E-state index contributed by atoms with van der Waals surface area (Å²) >= 11 is 0. The number of aryl methyl sites for hydroxylation is 1. The number of para-hydroxylation sites is 1. The van der Waals surface area contributed by atoms with Gasteiger partial charge in [-0.2, -0.15) is 0 Å². The van der Waals surface area contributed by atoms with Crippen LogP contribution in [0.2, 0.25) is 0 Å². The number of benzene rings is 1. The minimum absolute atomic E-state index is 0.222. The van der Waals surface area contributed by atoms with Crippen molar-refractivity contribution in [3.8, 4) is 0 Å². The molecule has 0 radical (unpaired) electrons. The molecule has 1 rings (SSSR count). The van der Waals surface area contributed by atoms with Gasteiger partial charge in [0.1, 0.15) is 0 Å². The van der Waals surface area contributed by atoms with Crippen molar-refractivity contribution in [2.24, 2.45) is 0 Å². The first-order valence-corrected chi connectivity index (χ1v) is 8.93. The molecule has 0 heterocycles. The molecule has 4 nitrogen and oxygen atoms in total. The highest BCUT2D eigenvalue weighted by molar-refractivity contribution is 7.89. The van der Waals surface area contributed by atoms with Gasteiger partial charge in [0.25, 0.3) is 0 Å². The molecule has 0 aliphatic rings. The molecule has 0 bridgehead atoms. The molecule has 0 unspecified atom stereocenters. The van der Waals surface area contributed by atoms with E-state index in [2.05, 4.69) is 35.6 Å². The molecular formula is C15H26N2O2S. The first kappa shape index (κ1) is 17.0. The van der Waals surface area contributed by atoms with Crippen molar-refractivity contribution in [3.63, 3.8) is 0 Å². The van der Waals surface area contributed by atoms with Gasteiger partial charge < -0.3 is 4.90 Å². The number of hydrogen-bond acceptors (Lipinski definition) is 3. The van der Waals surface area contributed by atoms with E-state index in [4.69, 9.17) is 0 Å². The lowest BCUT2D eigenvalue weighted by molar-refractivity contribution is 0.577. The second-order valence-electron chi connectivity index (χ2n) is 4.93. The summed E-state index contributed by atoms with van der Waals surface area (Å²) in [4.78, 5) is 2.19. The summed E-state index contributed by atoms with van der Waals surface area (Å²) in [5, 5.41) is 0. The molecule has 0 atom stereocenters. The number of hydrogen-bond donors (Lipinski definition) is 1. The maximum atomic E-state index is 11.7. The van der Waals surface area contributed by atoms with Crippen molar-refractivity contribution >= 4 is 15.7 Å². The van der Waals surface area contributed by atoms with Gasteiger partial charge in [-0.15, -0.1) is 0 Å².